The highest BCUT2D eigenvalue weighted by Crippen LogP contribution is 2.47. The number of aromatic nitrogens is 2. The van der Waals surface area contributed by atoms with Gasteiger partial charge in [0, 0.05) is 47.9 Å². The molecule has 164 valence electrons. The second kappa shape index (κ2) is 7.52. The van der Waals surface area contributed by atoms with Crippen LogP contribution in [-0.2, 0) is 12.6 Å². The monoisotopic (exact) mass is 438 g/mol. The smallest absolute Gasteiger partial charge is 0.253 e. The first-order chi connectivity index (χ1) is 15.8. The van der Waals surface area contributed by atoms with E-state index in [1.54, 1.807) is 26.2 Å². The number of rotatable bonds is 3. The van der Waals surface area contributed by atoms with E-state index in [1.165, 1.54) is 10.6 Å². The molecule has 2 N–H and O–H groups in total. The minimum Gasteiger partial charge on any atom is -0.383 e. The predicted molar refractivity (Wildman–Crippen MR) is 128 cm³/mol. The fourth-order valence-electron chi connectivity index (χ4n) is 4.70. The van der Waals surface area contributed by atoms with Crippen molar-refractivity contribution < 1.29 is 4.39 Å². The minimum atomic E-state index is -1.09. The van der Waals surface area contributed by atoms with Crippen molar-refractivity contribution in [1.29, 1.82) is 0 Å². The Bertz CT molecular complexity index is 1480. The predicted octanol–water partition coefficient (Wildman–Crippen LogP) is 4.21. The van der Waals surface area contributed by atoms with Crippen molar-refractivity contribution in [1.82, 2.24) is 9.55 Å². The number of amidine groups is 1. The molecule has 5 nitrogen and oxygen atoms in total. The molecule has 0 aliphatic carbocycles. The average molecular weight is 439 g/mol. The zero-order chi connectivity index (χ0) is 23.3. The third-order valence-corrected chi connectivity index (χ3v) is 6.22. The molecule has 1 atom stereocenters. The summed E-state index contributed by atoms with van der Waals surface area (Å²) in [5.41, 5.74) is 11.2. The largest absolute Gasteiger partial charge is 0.383 e. The fraction of sp³-hybridized carbons (Fsp3) is 0.148. The normalized spacial score (nSPS) is 17.0. The highest BCUT2D eigenvalue weighted by molar-refractivity contribution is 6.03. The van der Waals surface area contributed by atoms with Crippen molar-refractivity contribution in [2.75, 3.05) is 0 Å². The summed E-state index contributed by atoms with van der Waals surface area (Å²) in [5.74, 6) is -0.284. The highest BCUT2D eigenvalue weighted by atomic mass is 19.1. The molecule has 0 amide bonds. The van der Waals surface area contributed by atoms with E-state index in [9.17, 15) is 9.18 Å². The molecule has 0 fully saturated rings. The molecular weight excluding hydrogens is 415 g/mol. The molecule has 0 saturated carbocycles. The summed E-state index contributed by atoms with van der Waals surface area (Å²) in [6, 6.07) is 16.7. The molecule has 3 heterocycles. The molecule has 0 saturated heterocycles. The van der Waals surface area contributed by atoms with Gasteiger partial charge in [0.2, 0.25) is 0 Å². The molecule has 5 rings (SSSR count). The van der Waals surface area contributed by atoms with Gasteiger partial charge in [-0.25, -0.2) is 9.38 Å². The zero-order valence-electron chi connectivity index (χ0n) is 18.6. The van der Waals surface area contributed by atoms with E-state index in [4.69, 9.17) is 10.7 Å². The van der Waals surface area contributed by atoms with Crippen LogP contribution >= 0.6 is 0 Å². The second-order valence-electron chi connectivity index (χ2n) is 8.53. The van der Waals surface area contributed by atoms with Gasteiger partial charge < -0.3 is 10.3 Å². The fourth-order valence-corrected chi connectivity index (χ4v) is 4.70. The number of aryl methyl sites for hydroxylation is 3. The Morgan fingerprint density at radius 2 is 1.76 bits per heavy atom. The van der Waals surface area contributed by atoms with Gasteiger partial charge in [0.1, 0.15) is 17.2 Å². The lowest BCUT2D eigenvalue weighted by Crippen LogP contribution is -2.29. The summed E-state index contributed by atoms with van der Waals surface area (Å²) in [7, 11) is 1.70. The van der Waals surface area contributed by atoms with E-state index in [1.807, 2.05) is 55.7 Å². The van der Waals surface area contributed by atoms with Crippen LogP contribution in [0.3, 0.4) is 0 Å². The summed E-state index contributed by atoms with van der Waals surface area (Å²) in [5, 5.41) is 0. The van der Waals surface area contributed by atoms with Crippen LogP contribution in [0.4, 0.5) is 4.39 Å². The average Bonchev–Trinajstić information content (AvgIpc) is 3.12. The molecule has 0 spiro atoms. The van der Waals surface area contributed by atoms with Crippen LogP contribution in [0.25, 0.3) is 11.1 Å². The van der Waals surface area contributed by atoms with Crippen LogP contribution in [-0.4, -0.2) is 15.4 Å². The van der Waals surface area contributed by atoms with Crippen LogP contribution < -0.4 is 11.3 Å². The third kappa shape index (κ3) is 3.18. The first-order valence-electron chi connectivity index (χ1n) is 10.7. The number of nitrogens with two attached hydrogens (primary N) is 1. The summed E-state index contributed by atoms with van der Waals surface area (Å²) in [4.78, 5) is 21.6. The molecule has 33 heavy (non-hydrogen) atoms. The topological polar surface area (TPSA) is 73.3 Å². The zero-order valence-corrected chi connectivity index (χ0v) is 18.6. The van der Waals surface area contributed by atoms with Crippen molar-refractivity contribution in [2.45, 2.75) is 19.4 Å². The number of nitrogens with zero attached hydrogens (tertiary/aromatic N) is 3. The van der Waals surface area contributed by atoms with Crippen molar-refractivity contribution in [3.8, 4) is 11.1 Å². The second-order valence-corrected chi connectivity index (χ2v) is 8.53. The summed E-state index contributed by atoms with van der Waals surface area (Å²) in [6.45, 7) is 3.76. The van der Waals surface area contributed by atoms with E-state index in [2.05, 4.69) is 11.1 Å². The van der Waals surface area contributed by atoms with Crippen LogP contribution in [0.1, 0.15) is 33.4 Å². The van der Waals surface area contributed by atoms with Gasteiger partial charge in [-0.15, -0.1) is 0 Å². The summed E-state index contributed by atoms with van der Waals surface area (Å²) in [6.07, 6.45) is 5.38. The molecule has 1 aliphatic rings. The van der Waals surface area contributed by atoms with E-state index in [-0.39, 0.29) is 11.4 Å². The number of fused-ring (bicyclic) bond motifs is 1. The van der Waals surface area contributed by atoms with Gasteiger partial charge in [0.05, 0.1) is 5.56 Å². The lowest BCUT2D eigenvalue weighted by Gasteiger charge is -2.30. The van der Waals surface area contributed by atoms with Crippen LogP contribution in [0.15, 0.2) is 83.0 Å². The number of benzene rings is 2. The number of pyridine rings is 2. The Hall–Kier alpha value is -4.06. The van der Waals surface area contributed by atoms with Gasteiger partial charge in [0.15, 0.2) is 0 Å². The minimum absolute atomic E-state index is 0.0945. The Morgan fingerprint density at radius 3 is 2.52 bits per heavy atom. The first-order valence-corrected chi connectivity index (χ1v) is 10.7. The lowest BCUT2D eigenvalue weighted by atomic mass is 9.77. The van der Waals surface area contributed by atoms with Crippen LogP contribution in [0.2, 0.25) is 0 Å². The summed E-state index contributed by atoms with van der Waals surface area (Å²) >= 11 is 0. The molecule has 2 aromatic heterocycles. The van der Waals surface area contributed by atoms with Gasteiger partial charge in [-0.2, -0.15) is 0 Å². The van der Waals surface area contributed by atoms with Gasteiger partial charge >= 0.3 is 0 Å². The van der Waals surface area contributed by atoms with Gasteiger partial charge in [-0.3, -0.25) is 9.78 Å². The Morgan fingerprint density at radius 1 is 0.970 bits per heavy atom. The lowest BCUT2D eigenvalue weighted by molar-refractivity contribution is 0.613. The molecule has 0 unspecified atom stereocenters. The van der Waals surface area contributed by atoms with Crippen molar-refractivity contribution in [3.63, 3.8) is 0 Å². The van der Waals surface area contributed by atoms with Gasteiger partial charge in [-0.05, 0) is 54.8 Å². The summed E-state index contributed by atoms with van der Waals surface area (Å²) < 4.78 is 16.4. The van der Waals surface area contributed by atoms with Crippen molar-refractivity contribution >= 4 is 5.84 Å². The van der Waals surface area contributed by atoms with E-state index in [0.29, 0.717) is 16.7 Å². The van der Waals surface area contributed by atoms with E-state index >= 15 is 0 Å². The number of hydrogen-bond donors (Lipinski definition) is 1. The van der Waals surface area contributed by atoms with Crippen molar-refractivity contribution in [3.05, 3.63) is 123 Å². The Labute approximate surface area is 191 Å². The molecule has 1 aliphatic heterocycles. The maximum atomic E-state index is 14.9. The van der Waals surface area contributed by atoms with Crippen molar-refractivity contribution in [2.24, 2.45) is 17.8 Å². The molecular formula is C27H23FN4O. The maximum absolute atomic E-state index is 14.9. The number of halogens is 1. The van der Waals surface area contributed by atoms with E-state index in [0.717, 1.165) is 27.8 Å². The molecule has 0 radical (unpaired) electrons. The van der Waals surface area contributed by atoms with Gasteiger partial charge in [0.25, 0.3) is 5.56 Å². The van der Waals surface area contributed by atoms with Gasteiger partial charge in [-0.1, -0.05) is 30.3 Å². The Balaban J connectivity index is 1.85. The number of hydrogen-bond acceptors (Lipinski definition) is 4. The standard InChI is InChI=1S/C27H23FN4O/c1-16-10-19(14-30-13-16)18-6-4-7-20(12-18)27(21-11-17(2)26(33)32(3)15-21)22-8-5-9-23(28)24(22)25(29)31-27/h4-15H,1-3H3,(H2,29,31)/t27-/m0/s1. The molecule has 6 heteroatoms. The Kier molecular flexibility index (Phi) is 4.74. The van der Waals surface area contributed by atoms with E-state index < -0.39 is 11.4 Å². The number of aliphatic imine (C=N–C) groups is 1. The molecule has 0 bridgehead atoms. The third-order valence-electron chi connectivity index (χ3n) is 6.22. The quantitative estimate of drug-likeness (QED) is 0.521. The maximum Gasteiger partial charge on any atom is 0.253 e. The van der Waals surface area contributed by atoms with Crippen LogP contribution in [0.5, 0.6) is 0 Å². The molecule has 4 aromatic rings. The highest BCUT2D eigenvalue weighted by Gasteiger charge is 2.44. The molecule has 2 aromatic carbocycles. The SMILES string of the molecule is Cc1cncc(-c2cccc([C@@]3(c4cc(C)c(=O)n(C)c4)N=C(N)c4c(F)cccc43)c2)c1. The van der Waals surface area contributed by atoms with Crippen LogP contribution in [0, 0.1) is 19.7 Å². The first kappa shape index (κ1) is 20.8.